The van der Waals surface area contributed by atoms with Gasteiger partial charge in [0.15, 0.2) is 0 Å². The fourth-order valence-electron chi connectivity index (χ4n) is 2.99. The molecule has 0 fully saturated rings. The van der Waals surface area contributed by atoms with Crippen LogP contribution in [0, 0.1) is 30.1 Å². The topological polar surface area (TPSA) is 39.6 Å². The third kappa shape index (κ3) is 3.76. The molecule has 2 heteroatoms. The number of H-pyrrole nitrogens is 1. The maximum atomic E-state index is 9.22. The molecule has 0 spiro atoms. The number of benzene rings is 2. The Kier molecular flexibility index (Phi) is 5.22. The van der Waals surface area contributed by atoms with Crippen molar-refractivity contribution in [2.24, 2.45) is 0 Å². The van der Waals surface area contributed by atoms with Gasteiger partial charge in [0.2, 0.25) is 0 Å². The first-order valence-electron chi connectivity index (χ1n) is 8.79. The summed E-state index contributed by atoms with van der Waals surface area (Å²) in [5.74, 6) is 6.84. The maximum absolute atomic E-state index is 9.22. The molecule has 2 aromatic carbocycles. The van der Waals surface area contributed by atoms with E-state index in [9.17, 15) is 5.26 Å². The van der Waals surface area contributed by atoms with Gasteiger partial charge in [-0.2, -0.15) is 5.26 Å². The molecule has 1 unspecified atom stereocenters. The molecule has 0 aliphatic rings. The molecule has 0 radical (unpaired) electrons. The lowest BCUT2D eigenvalue weighted by atomic mass is 9.90. The normalized spacial score (nSPS) is 11.6. The molecule has 3 rings (SSSR count). The number of hydrogen-bond acceptors (Lipinski definition) is 1. The van der Waals surface area contributed by atoms with E-state index < -0.39 is 0 Å². The quantitative estimate of drug-likeness (QED) is 0.486. The predicted molar refractivity (Wildman–Crippen MR) is 103 cm³/mol. The molecule has 3 aromatic rings. The van der Waals surface area contributed by atoms with Gasteiger partial charge in [0.1, 0.15) is 0 Å². The highest BCUT2D eigenvalue weighted by atomic mass is 14.7. The second-order valence-corrected chi connectivity index (χ2v) is 6.38. The van der Waals surface area contributed by atoms with Crippen LogP contribution in [0.3, 0.4) is 0 Å². The monoisotopic (exact) mass is 326 g/mol. The molecule has 0 saturated heterocycles. The highest BCUT2D eigenvalue weighted by Gasteiger charge is 2.16. The van der Waals surface area contributed by atoms with Crippen LogP contribution in [0.25, 0.3) is 10.9 Å². The van der Waals surface area contributed by atoms with E-state index in [1.807, 2.05) is 24.4 Å². The first kappa shape index (κ1) is 16.9. The third-order valence-electron chi connectivity index (χ3n) is 4.47. The number of fused-ring (bicyclic) bond motifs is 1. The minimum absolute atomic E-state index is 0.0140. The minimum Gasteiger partial charge on any atom is -0.361 e. The molecule has 124 valence electrons. The van der Waals surface area contributed by atoms with E-state index in [-0.39, 0.29) is 5.92 Å². The van der Waals surface area contributed by atoms with Crippen LogP contribution < -0.4 is 0 Å². The molecule has 1 N–H and O–H groups in total. The van der Waals surface area contributed by atoms with Gasteiger partial charge >= 0.3 is 0 Å². The van der Waals surface area contributed by atoms with Crippen LogP contribution in [0.1, 0.15) is 54.4 Å². The van der Waals surface area contributed by atoms with Crippen LogP contribution in [-0.2, 0) is 0 Å². The number of hydrogen-bond donors (Lipinski definition) is 1. The number of aryl methyl sites for hydroxylation is 1. The summed E-state index contributed by atoms with van der Waals surface area (Å²) in [5, 5.41) is 10.3. The standard InChI is InChI=1S/C23H22N2/c1-3-4-5-6-7-20(19-11-8-17(2)9-12-19)22-16-25-23-13-10-18(15-24)14-21(22)23/h8-14,16,20,25H,3-5H2,1-2H3. The summed E-state index contributed by atoms with van der Waals surface area (Å²) in [5.41, 5.74) is 5.29. The number of nitrogens with zero attached hydrogens (tertiary/aromatic N) is 1. The molecule has 2 nitrogen and oxygen atoms in total. The number of nitriles is 1. The SMILES string of the molecule is CCCCC#CC(c1ccc(C)cc1)c1c[nH]c2ccc(C#N)cc12. The van der Waals surface area contributed by atoms with E-state index in [1.165, 1.54) is 11.1 Å². The Bertz CT molecular complexity index is 959. The zero-order valence-electron chi connectivity index (χ0n) is 14.8. The Hall–Kier alpha value is -2.97. The molecular weight excluding hydrogens is 304 g/mol. The summed E-state index contributed by atoms with van der Waals surface area (Å²) < 4.78 is 0. The number of aromatic nitrogens is 1. The Morgan fingerprint density at radius 1 is 1.12 bits per heavy atom. The fourth-order valence-corrected chi connectivity index (χ4v) is 2.99. The number of nitrogens with one attached hydrogen (secondary N) is 1. The zero-order valence-corrected chi connectivity index (χ0v) is 14.8. The molecule has 0 saturated carbocycles. The predicted octanol–water partition coefficient (Wildman–Crippen LogP) is 5.67. The zero-order chi connectivity index (χ0) is 17.6. The van der Waals surface area contributed by atoms with Crippen molar-refractivity contribution in [1.82, 2.24) is 4.98 Å². The van der Waals surface area contributed by atoms with E-state index in [2.05, 4.69) is 61.0 Å². The van der Waals surface area contributed by atoms with Gasteiger partial charge < -0.3 is 4.98 Å². The Labute approximate surface area is 149 Å². The molecule has 0 aliphatic carbocycles. The Balaban J connectivity index is 2.08. The summed E-state index contributed by atoms with van der Waals surface area (Å²) in [7, 11) is 0. The first-order valence-corrected chi connectivity index (χ1v) is 8.79. The smallest absolute Gasteiger partial charge is 0.0991 e. The summed E-state index contributed by atoms with van der Waals surface area (Å²) in [6, 6.07) is 16.6. The van der Waals surface area contributed by atoms with E-state index in [0.29, 0.717) is 5.56 Å². The molecule has 25 heavy (non-hydrogen) atoms. The van der Waals surface area contributed by atoms with Crippen molar-refractivity contribution in [2.75, 3.05) is 0 Å². The average Bonchev–Trinajstić information content (AvgIpc) is 3.05. The molecular formula is C23H22N2. The molecule has 1 aromatic heterocycles. The van der Waals surface area contributed by atoms with Crippen LogP contribution in [0.2, 0.25) is 0 Å². The largest absolute Gasteiger partial charge is 0.361 e. The van der Waals surface area contributed by atoms with Crippen molar-refractivity contribution in [3.05, 3.63) is 70.9 Å². The van der Waals surface area contributed by atoms with Gasteiger partial charge in [-0.15, -0.1) is 5.92 Å². The lowest BCUT2D eigenvalue weighted by Gasteiger charge is -2.11. The lowest BCUT2D eigenvalue weighted by Crippen LogP contribution is -1.98. The van der Waals surface area contributed by atoms with Crippen LogP contribution in [0.4, 0.5) is 0 Å². The fraction of sp³-hybridized carbons (Fsp3) is 0.261. The summed E-state index contributed by atoms with van der Waals surface area (Å²) in [4.78, 5) is 3.33. The van der Waals surface area contributed by atoms with E-state index in [0.717, 1.165) is 35.7 Å². The van der Waals surface area contributed by atoms with Crippen molar-refractivity contribution in [1.29, 1.82) is 5.26 Å². The molecule has 0 aliphatic heterocycles. The Morgan fingerprint density at radius 3 is 2.64 bits per heavy atom. The van der Waals surface area contributed by atoms with Crippen LogP contribution >= 0.6 is 0 Å². The second-order valence-electron chi connectivity index (χ2n) is 6.38. The lowest BCUT2D eigenvalue weighted by molar-refractivity contribution is 0.827. The highest BCUT2D eigenvalue weighted by Crippen LogP contribution is 2.31. The molecule has 1 heterocycles. The van der Waals surface area contributed by atoms with Crippen LogP contribution in [-0.4, -0.2) is 4.98 Å². The summed E-state index contributed by atoms with van der Waals surface area (Å²) >= 11 is 0. The van der Waals surface area contributed by atoms with Crippen molar-refractivity contribution in [2.45, 2.75) is 39.0 Å². The van der Waals surface area contributed by atoms with Gasteiger partial charge in [0.05, 0.1) is 17.6 Å². The van der Waals surface area contributed by atoms with Gasteiger partial charge in [-0.3, -0.25) is 0 Å². The average molecular weight is 326 g/mol. The van der Waals surface area contributed by atoms with E-state index in [4.69, 9.17) is 0 Å². The maximum Gasteiger partial charge on any atom is 0.0991 e. The van der Waals surface area contributed by atoms with Gasteiger partial charge in [-0.05, 0) is 42.7 Å². The van der Waals surface area contributed by atoms with Gasteiger partial charge in [0, 0.05) is 23.5 Å². The first-order chi connectivity index (χ1) is 12.2. The van der Waals surface area contributed by atoms with Crippen LogP contribution in [0.15, 0.2) is 48.7 Å². The third-order valence-corrected chi connectivity index (χ3v) is 4.47. The van der Waals surface area contributed by atoms with Gasteiger partial charge in [-0.1, -0.05) is 49.1 Å². The van der Waals surface area contributed by atoms with Gasteiger partial charge in [0.25, 0.3) is 0 Å². The molecule has 0 bridgehead atoms. The van der Waals surface area contributed by atoms with Gasteiger partial charge in [-0.25, -0.2) is 0 Å². The van der Waals surface area contributed by atoms with Crippen molar-refractivity contribution in [3.63, 3.8) is 0 Å². The van der Waals surface area contributed by atoms with E-state index in [1.54, 1.807) is 0 Å². The molecule has 0 amide bonds. The van der Waals surface area contributed by atoms with E-state index >= 15 is 0 Å². The van der Waals surface area contributed by atoms with Crippen molar-refractivity contribution in [3.8, 4) is 17.9 Å². The van der Waals surface area contributed by atoms with Crippen molar-refractivity contribution >= 4 is 10.9 Å². The second kappa shape index (κ2) is 7.73. The van der Waals surface area contributed by atoms with Crippen LogP contribution in [0.5, 0.6) is 0 Å². The highest BCUT2D eigenvalue weighted by molar-refractivity contribution is 5.86. The number of aromatic amines is 1. The van der Waals surface area contributed by atoms with Crippen molar-refractivity contribution < 1.29 is 0 Å². The number of rotatable bonds is 4. The minimum atomic E-state index is 0.0140. The number of unbranched alkanes of at least 4 members (excludes halogenated alkanes) is 2. The molecule has 1 atom stereocenters. The summed E-state index contributed by atoms with van der Waals surface area (Å²) in [6.07, 6.45) is 5.23. The Morgan fingerprint density at radius 2 is 1.92 bits per heavy atom. The summed E-state index contributed by atoms with van der Waals surface area (Å²) in [6.45, 7) is 4.28.